The molecule has 0 heterocycles. The van der Waals surface area contributed by atoms with Crippen LogP contribution in [-0.4, -0.2) is 73.4 Å². The number of aliphatic hydroxyl groups excluding tert-OH is 1. The number of rotatable bonds is 60. The van der Waals surface area contributed by atoms with Gasteiger partial charge >= 0.3 is 7.82 Å². The molecule has 0 aromatic heterocycles. The number of quaternary nitrogens is 1. The number of likely N-dealkylation sites (N-methyl/N-ethyl adjacent to an activating group) is 1. The van der Waals surface area contributed by atoms with Crippen molar-refractivity contribution in [2.45, 2.75) is 289 Å². The van der Waals surface area contributed by atoms with Crippen LogP contribution in [0.5, 0.6) is 0 Å². The quantitative estimate of drug-likeness (QED) is 0.0243. The van der Waals surface area contributed by atoms with Crippen LogP contribution in [0.2, 0.25) is 0 Å². The molecule has 0 saturated heterocycles. The molecule has 0 aliphatic rings. The van der Waals surface area contributed by atoms with Gasteiger partial charge in [0.2, 0.25) is 5.91 Å². The molecule has 9 heteroatoms. The molecule has 1 amide bonds. The average molecular weight is 1150 g/mol. The zero-order valence-electron chi connectivity index (χ0n) is 53.2. The topological polar surface area (TPSA) is 105 Å². The Kier molecular flexibility index (Phi) is 59.1. The maximum Gasteiger partial charge on any atom is 0.472 e. The maximum atomic E-state index is 13.0. The van der Waals surface area contributed by atoms with Gasteiger partial charge in [-0.2, -0.15) is 0 Å². The van der Waals surface area contributed by atoms with Crippen molar-refractivity contribution >= 4 is 13.7 Å². The molecule has 0 spiro atoms. The zero-order valence-corrected chi connectivity index (χ0v) is 54.1. The normalized spacial score (nSPS) is 14.5. The molecule has 8 nitrogen and oxygen atoms in total. The van der Waals surface area contributed by atoms with Gasteiger partial charge in [-0.3, -0.25) is 13.8 Å². The van der Waals surface area contributed by atoms with Crippen molar-refractivity contribution in [3.63, 3.8) is 0 Å². The Morgan fingerprint density at radius 1 is 0.432 bits per heavy atom. The molecule has 0 fully saturated rings. The summed E-state index contributed by atoms with van der Waals surface area (Å²) in [6.07, 6.45) is 91.9. The molecule has 0 bridgehead atoms. The smallest absolute Gasteiger partial charge is 0.387 e. The minimum Gasteiger partial charge on any atom is -0.387 e. The minimum atomic E-state index is -4.37. The highest BCUT2D eigenvalue weighted by Gasteiger charge is 2.27. The molecular weight excluding hydrogens is 1020 g/mol. The monoisotopic (exact) mass is 1150 g/mol. The van der Waals surface area contributed by atoms with Crippen LogP contribution >= 0.6 is 7.82 Å². The van der Waals surface area contributed by atoms with Gasteiger partial charge in [0.05, 0.1) is 39.9 Å². The van der Waals surface area contributed by atoms with Crippen LogP contribution < -0.4 is 5.32 Å². The van der Waals surface area contributed by atoms with Crippen LogP contribution in [0.1, 0.15) is 277 Å². The number of carbonyl (C=O) groups is 1. The number of allylic oxidation sites excluding steroid dienone is 19. The number of hydrogen-bond donors (Lipinski definition) is 3. The van der Waals surface area contributed by atoms with Crippen molar-refractivity contribution in [3.05, 3.63) is 122 Å². The molecule has 0 rings (SSSR count). The first kappa shape index (κ1) is 77.9. The van der Waals surface area contributed by atoms with Gasteiger partial charge in [0, 0.05) is 6.42 Å². The van der Waals surface area contributed by atoms with Crippen molar-refractivity contribution in [2.24, 2.45) is 0 Å². The first-order chi connectivity index (χ1) is 39.5. The average Bonchev–Trinajstić information content (AvgIpc) is 3.43. The van der Waals surface area contributed by atoms with E-state index in [0.717, 1.165) is 89.9 Å². The lowest BCUT2D eigenvalue weighted by Crippen LogP contribution is -2.45. The summed E-state index contributed by atoms with van der Waals surface area (Å²) in [5, 5.41) is 14.0. The van der Waals surface area contributed by atoms with Crippen molar-refractivity contribution in [2.75, 3.05) is 40.9 Å². The second-order valence-corrected chi connectivity index (χ2v) is 24.9. The van der Waals surface area contributed by atoms with Crippen LogP contribution in [0.25, 0.3) is 0 Å². The first-order valence-corrected chi connectivity index (χ1v) is 34.9. The van der Waals surface area contributed by atoms with E-state index in [1.807, 2.05) is 27.2 Å². The predicted molar refractivity (Wildman–Crippen MR) is 355 cm³/mol. The van der Waals surface area contributed by atoms with E-state index >= 15 is 0 Å². The van der Waals surface area contributed by atoms with Crippen LogP contribution in [0.15, 0.2) is 122 Å². The molecule has 466 valence electrons. The van der Waals surface area contributed by atoms with E-state index in [4.69, 9.17) is 9.05 Å². The number of hydrogen-bond acceptors (Lipinski definition) is 5. The van der Waals surface area contributed by atoms with E-state index in [2.05, 4.69) is 129 Å². The van der Waals surface area contributed by atoms with E-state index < -0.39 is 20.0 Å². The van der Waals surface area contributed by atoms with Crippen LogP contribution in [-0.2, 0) is 18.4 Å². The lowest BCUT2D eigenvalue weighted by molar-refractivity contribution is -0.870. The fourth-order valence-electron chi connectivity index (χ4n) is 9.25. The third kappa shape index (κ3) is 64.3. The maximum absolute atomic E-state index is 13.0. The predicted octanol–water partition coefficient (Wildman–Crippen LogP) is 21.3. The van der Waals surface area contributed by atoms with Crippen LogP contribution in [0.3, 0.4) is 0 Å². The Labute approximate surface area is 501 Å². The molecule has 3 N–H and O–H groups in total. The summed E-state index contributed by atoms with van der Waals surface area (Å²) in [5.41, 5.74) is 0. The lowest BCUT2D eigenvalue weighted by atomic mass is 10.0. The number of nitrogens with zero attached hydrogens (tertiary/aromatic N) is 1. The highest BCUT2D eigenvalue weighted by Crippen LogP contribution is 2.43. The molecule has 0 radical (unpaired) electrons. The minimum absolute atomic E-state index is 0.0512. The fourth-order valence-corrected chi connectivity index (χ4v) is 9.99. The van der Waals surface area contributed by atoms with Gasteiger partial charge in [-0.1, -0.05) is 296 Å². The molecule has 81 heavy (non-hydrogen) atoms. The standard InChI is InChI=1S/C72H127N2O6P/c1-6-8-10-12-14-16-18-20-22-24-26-28-30-31-32-33-34-35-36-37-38-39-40-41-42-43-44-46-48-50-52-54-56-58-60-62-64-66-72(76)73-70(69-80-81(77,78)79-68-67-74(3,4)5)71(75)65-63-61-59-57-55-53-51-49-47-45-29-27-25-23-21-19-17-15-13-11-9-7-2/h8,10,14,16,20,22,26,28,31-32,34-35,37-38,40-41,55,57,63,65,70-71,75H,6-7,9,11-13,15,17-19,21,23-25,27,29-30,33,36,39,42-54,56,58-62,64,66-69H2,1-5H3,(H-,73,76,77,78)/p+1/b10-8-,16-14-,22-20-,28-26-,32-31-,35-34-,38-37-,41-40-,57-55+,65-63+. The number of phosphoric acid groups is 1. The van der Waals surface area contributed by atoms with Gasteiger partial charge in [-0.15, -0.1) is 0 Å². The van der Waals surface area contributed by atoms with Gasteiger partial charge < -0.3 is 19.8 Å². The van der Waals surface area contributed by atoms with E-state index in [0.29, 0.717) is 17.4 Å². The summed E-state index contributed by atoms with van der Waals surface area (Å²) < 4.78 is 23.8. The second kappa shape index (κ2) is 61.5. The molecule has 3 atom stereocenters. The summed E-state index contributed by atoms with van der Waals surface area (Å²) in [4.78, 5) is 23.4. The Hall–Kier alpha value is -3.10. The highest BCUT2D eigenvalue weighted by molar-refractivity contribution is 7.47. The van der Waals surface area contributed by atoms with Crippen LogP contribution in [0.4, 0.5) is 0 Å². The third-order valence-corrected chi connectivity index (χ3v) is 15.4. The van der Waals surface area contributed by atoms with Crippen molar-refractivity contribution < 1.29 is 32.9 Å². The Morgan fingerprint density at radius 2 is 0.753 bits per heavy atom. The van der Waals surface area contributed by atoms with Gasteiger partial charge in [0.25, 0.3) is 0 Å². The number of aliphatic hydroxyl groups is 1. The van der Waals surface area contributed by atoms with E-state index in [9.17, 15) is 19.4 Å². The fraction of sp³-hybridized carbons (Fsp3) is 0.708. The van der Waals surface area contributed by atoms with E-state index in [1.165, 1.54) is 167 Å². The SMILES string of the molecule is CC/C=C\C/C=C\C/C=C\C/C=C\C/C=C\C/C=C\C/C=C\C/C=C\CCCCCCCCCCCCCCC(=O)NC(COP(=O)(O)OCC[N+](C)(C)C)C(O)/C=C/CC/C=C/CCCCCCCCCCCCCCCCCC. The number of amides is 1. The van der Waals surface area contributed by atoms with Crippen molar-refractivity contribution in [3.8, 4) is 0 Å². The van der Waals surface area contributed by atoms with E-state index in [1.54, 1.807) is 6.08 Å². The van der Waals surface area contributed by atoms with Crippen molar-refractivity contribution in [1.82, 2.24) is 5.32 Å². The Bertz CT molecular complexity index is 1730. The number of unbranched alkanes of at least 4 members (excludes halogenated alkanes) is 29. The van der Waals surface area contributed by atoms with Crippen molar-refractivity contribution in [1.29, 1.82) is 0 Å². The third-order valence-electron chi connectivity index (χ3n) is 14.4. The molecule has 0 aliphatic carbocycles. The van der Waals surface area contributed by atoms with Gasteiger partial charge in [-0.25, -0.2) is 4.57 Å². The van der Waals surface area contributed by atoms with Gasteiger partial charge in [0.15, 0.2) is 0 Å². The first-order valence-electron chi connectivity index (χ1n) is 33.4. The molecule has 0 saturated carbocycles. The zero-order chi connectivity index (χ0) is 59.1. The molecule has 0 aliphatic heterocycles. The lowest BCUT2D eigenvalue weighted by Gasteiger charge is -2.25. The number of phosphoric ester groups is 1. The Morgan fingerprint density at radius 3 is 1.14 bits per heavy atom. The molecule has 3 unspecified atom stereocenters. The highest BCUT2D eigenvalue weighted by atomic mass is 31.2. The molecule has 0 aromatic carbocycles. The summed E-state index contributed by atoms with van der Waals surface area (Å²) in [6, 6.07) is -0.873. The molecular formula is C72H128N2O6P+. The second-order valence-electron chi connectivity index (χ2n) is 23.5. The van der Waals surface area contributed by atoms with Gasteiger partial charge in [-0.05, 0) is 96.3 Å². The summed E-state index contributed by atoms with van der Waals surface area (Å²) in [5.74, 6) is -0.191. The van der Waals surface area contributed by atoms with E-state index in [-0.39, 0.29) is 19.1 Å². The van der Waals surface area contributed by atoms with Crippen LogP contribution in [0, 0.1) is 0 Å². The summed E-state index contributed by atoms with van der Waals surface area (Å²) >= 11 is 0. The summed E-state index contributed by atoms with van der Waals surface area (Å²) in [7, 11) is 1.55. The molecule has 0 aromatic rings. The number of nitrogens with one attached hydrogen (secondary N) is 1. The Balaban J connectivity index is 4.15. The number of carbonyl (C=O) groups excluding carboxylic acids is 1. The summed E-state index contributed by atoms with van der Waals surface area (Å²) in [6.45, 7) is 4.69. The van der Waals surface area contributed by atoms with Gasteiger partial charge in [0.1, 0.15) is 13.2 Å². The largest absolute Gasteiger partial charge is 0.472 e.